The number of fused-ring (bicyclic) bond motifs is 2. The molecule has 0 spiro atoms. The predicted octanol–water partition coefficient (Wildman–Crippen LogP) is 3.98. The Morgan fingerprint density at radius 2 is 2.03 bits per heavy atom. The van der Waals surface area contributed by atoms with E-state index in [1.807, 2.05) is 0 Å². The first-order chi connectivity index (χ1) is 17.1. The number of ether oxygens (including phenoxy) is 5. The first-order valence-electron chi connectivity index (χ1n) is 11.3. The lowest BCUT2D eigenvalue weighted by molar-refractivity contribution is -0.385. The third-order valence-corrected chi connectivity index (χ3v) is 6.69. The Labute approximate surface area is 212 Å². The lowest BCUT2D eigenvalue weighted by Gasteiger charge is -2.50. The van der Waals surface area contributed by atoms with Crippen molar-refractivity contribution in [1.29, 1.82) is 0 Å². The number of nitro groups is 1. The Hall–Kier alpha value is -3.12. The summed E-state index contributed by atoms with van der Waals surface area (Å²) in [5.41, 5.74) is 0.0954. The van der Waals surface area contributed by atoms with Crippen LogP contribution in [0.5, 0.6) is 5.75 Å². The number of halogens is 1. The number of nitro benzene ring substituents is 1. The maximum atomic E-state index is 12.3. The minimum Gasteiger partial charge on any atom is -0.479 e. The van der Waals surface area contributed by atoms with E-state index >= 15 is 0 Å². The summed E-state index contributed by atoms with van der Waals surface area (Å²) < 4.78 is 27.7. The molecule has 2 aromatic carbocycles. The van der Waals surface area contributed by atoms with Crippen molar-refractivity contribution in [3.8, 4) is 5.75 Å². The van der Waals surface area contributed by atoms with Crippen LogP contribution in [0.4, 0.5) is 16.2 Å². The molecule has 194 valence electrons. The standard InChI is InChI=1S/C24H27ClN2O9/c1-5-34-23(29)35-19-11-13-10-14(25)6-8-17(13)26(19)20-16-12-15(27(30)31)7-9-18(16)36-24(2,21(20)28)22(32-3)33-4/h6-10,12,19-22,28H,5,11H2,1-4H3/t19-,20+,21-,24-/m0/s1. The molecular weight excluding hydrogens is 496 g/mol. The van der Waals surface area contributed by atoms with Gasteiger partial charge in [-0.3, -0.25) is 10.1 Å². The first-order valence-corrected chi connectivity index (χ1v) is 11.6. The topological polar surface area (TPSA) is 130 Å². The van der Waals surface area contributed by atoms with Crippen molar-refractivity contribution in [2.75, 3.05) is 25.7 Å². The number of non-ortho nitro benzene ring substituents is 1. The Morgan fingerprint density at radius 3 is 2.67 bits per heavy atom. The van der Waals surface area contributed by atoms with Crippen LogP contribution < -0.4 is 9.64 Å². The highest BCUT2D eigenvalue weighted by atomic mass is 35.5. The summed E-state index contributed by atoms with van der Waals surface area (Å²) in [5, 5.41) is 23.9. The zero-order valence-electron chi connectivity index (χ0n) is 20.2. The second-order valence-electron chi connectivity index (χ2n) is 8.60. The van der Waals surface area contributed by atoms with Gasteiger partial charge in [0.1, 0.15) is 11.9 Å². The zero-order chi connectivity index (χ0) is 26.2. The number of aliphatic hydroxyl groups is 1. The molecule has 0 saturated carbocycles. The van der Waals surface area contributed by atoms with Gasteiger partial charge < -0.3 is 33.7 Å². The average Bonchev–Trinajstić information content (AvgIpc) is 3.16. The first kappa shape index (κ1) is 26.0. The van der Waals surface area contributed by atoms with Gasteiger partial charge in [0.05, 0.1) is 17.6 Å². The molecule has 0 saturated heterocycles. The second kappa shape index (κ2) is 10.1. The van der Waals surface area contributed by atoms with Gasteiger partial charge in [-0.05, 0) is 43.7 Å². The van der Waals surface area contributed by atoms with Crippen molar-refractivity contribution in [1.82, 2.24) is 0 Å². The molecule has 4 atom stereocenters. The van der Waals surface area contributed by atoms with Gasteiger partial charge in [-0.15, -0.1) is 0 Å². The maximum Gasteiger partial charge on any atom is 0.510 e. The van der Waals surface area contributed by atoms with Crippen molar-refractivity contribution in [2.24, 2.45) is 0 Å². The van der Waals surface area contributed by atoms with Gasteiger partial charge in [0.15, 0.2) is 18.1 Å². The zero-order valence-corrected chi connectivity index (χ0v) is 20.9. The number of hydrogen-bond donors (Lipinski definition) is 1. The van der Waals surface area contributed by atoms with Crippen molar-refractivity contribution in [3.63, 3.8) is 0 Å². The Kier molecular flexibility index (Phi) is 7.28. The van der Waals surface area contributed by atoms with Gasteiger partial charge in [-0.2, -0.15) is 0 Å². The molecule has 0 amide bonds. The molecule has 11 nitrogen and oxygen atoms in total. The molecule has 2 heterocycles. The smallest absolute Gasteiger partial charge is 0.479 e. The molecule has 36 heavy (non-hydrogen) atoms. The Morgan fingerprint density at radius 1 is 1.31 bits per heavy atom. The number of aliphatic hydroxyl groups excluding tert-OH is 1. The number of nitrogens with zero attached hydrogens (tertiary/aromatic N) is 2. The van der Waals surface area contributed by atoms with E-state index in [1.54, 1.807) is 36.9 Å². The van der Waals surface area contributed by atoms with Gasteiger partial charge in [-0.25, -0.2) is 4.79 Å². The van der Waals surface area contributed by atoms with E-state index in [-0.39, 0.29) is 24.5 Å². The van der Waals surface area contributed by atoms with Crippen LogP contribution in [0, 0.1) is 10.1 Å². The van der Waals surface area contributed by atoms with E-state index in [1.165, 1.54) is 32.4 Å². The van der Waals surface area contributed by atoms with Crippen LogP contribution in [0.1, 0.15) is 31.0 Å². The highest BCUT2D eigenvalue weighted by Crippen LogP contribution is 2.50. The Bertz CT molecular complexity index is 1160. The van der Waals surface area contributed by atoms with Gasteiger partial charge in [-0.1, -0.05) is 11.6 Å². The van der Waals surface area contributed by atoms with Gasteiger partial charge in [0.2, 0.25) is 0 Å². The number of carbonyl (C=O) groups is 1. The van der Waals surface area contributed by atoms with Crippen LogP contribution in [0.15, 0.2) is 36.4 Å². The number of benzene rings is 2. The third-order valence-electron chi connectivity index (χ3n) is 6.45. The molecule has 0 aromatic heterocycles. The summed E-state index contributed by atoms with van der Waals surface area (Å²) in [4.78, 5) is 25.1. The molecule has 0 bridgehead atoms. The Balaban J connectivity index is 1.91. The summed E-state index contributed by atoms with van der Waals surface area (Å²) in [5.74, 6) is 0.287. The second-order valence-corrected chi connectivity index (χ2v) is 9.03. The fraction of sp³-hybridized carbons (Fsp3) is 0.458. The van der Waals surface area contributed by atoms with Crippen LogP contribution in [0.2, 0.25) is 5.02 Å². The number of rotatable bonds is 7. The molecule has 4 rings (SSSR count). The van der Waals surface area contributed by atoms with Crippen molar-refractivity contribution >= 4 is 29.1 Å². The average molecular weight is 523 g/mol. The molecule has 0 unspecified atom stereocenters. The van der Waals surface area contributed by atoms with Crippen LogP contribution in [0.25, 0.3) is 0 Å². The largest absolute Gasteiger partial charge is 0.510 e. The van der Waals surface area contributed by atoms with E-state index in [9.17, 15) is 20.0 Å². The van der Waals surface area contributed by atoms with Crippen molar-refractivity contribution < 1.29 is 38.5 Å². The SMILES string of the molecule is CCOC(=O)O[C@H]1Cc2cc(Cl)ccc2N1[C@@H]1c2cc([N+](=O)[O-])ccc2O[C@](C)(C(OC)OC)[C@H]1O. The summed E-state index contributed by atoms with van der Waals surface area (Å²) in [6.45, 7) is 3.38. The van der Waals surface area contributed by atoms with Gasteiger partial charge in [0, 0.05) is 49.0 Å². The molecule has 2 aromatic rings. The van der Waals surface area contributed by atoms with E-state index in [0.29, 0.717) is 16.3 Å². The molecule has 0 fully saturated rings. The van der Waals surface area contributed by atoms with Gasteiger partial charge in [0.25, 0.3) is 5.69 Å². The number of anilines is 1. The molecule has 2 aliphatic heterocycles. The van der Waals surface area contributed by atoms with Crippen LogP contribution in [-0.4, -0.2) is 61.2 Å². The molecule has 12 heteroatoms. The summed E-state index contributed by atoms with van der Waals surface area (Å²) >= 11 is 6.22. The molecule has 0 aliphatic carbocycles. The molecule has 0 radical (unpaired) electrons. The predicted molar refractivity (Wildman–Crippen MR) is 128 cm³/mol. The minimum atomic E-state index is -1.44. The number of carbonyl (C=O) groups excluding carboxylic acids is 1. The van der Waals surface area contributed by atoms with E-state index in [4.69, 9.17) is 35.3 Å². The molecule has 1 N–H and O–H groups in total. The minimum absolute atomic E-state index is 0.112. The van der Waals surface area contributed by atoms with E-state index in [0.717, 1.165) is 5.56 Å². The fourth-order valence-corrected chi connectivity index (χ4v) is 5.10. The highest BCUT2D eigenvalue weighted by molar-refractivity contribution is 6.30. The van der Waals surface area contributed by atoms with Crippen molar-refractivity contribution in [2.45, 2.75) is 50.5 Å². The number of hydrogen-bond acceptors (Lipinski definition) is 10. The normalized spacial score (nSPS) is 24.6. The molecule has 2 aliphatic rings. The lowest BCUT2D eigenvalue weighted by Crippen LogP contribution is -2.63. The lowest BCUT2D eigenvalue weighted by atomic mass is 9.83. The quantitative estimate of drug-likeness (QED) is 0.246. The monoisotopic (exact) mass is 522 g/mol. The van der Waals surface area contributed by atoms with E-state index < -0.39 is 41.3 Å². The van der Waals surface area contributed by atoms with Gasteiger partial charge >= 0.3 is 6.16 Å². The molecular formula is C24H27ClN2O9. The summed E-state index contributed by atoms with van der Waals surface area (Å²) in [7, 11) is 2.82. The third kappa shape index (κ3) is 4.43. The summed E-state index contributed by atoms with van der Waals surface area (Å²) in [6, 6.07) is 8.31. The number of methoxy groups -OCH3 is 2. The van der Waals surface area contributed by atoms with Crippen LogP contribution in [-0.2, 0) is 25.4 Å². The summed E-state index contributed by atoms with van der Waals surface area (Å²) in [6.07, 6.45) is -3.91. The van der Waals surface area contributed by atoms with E-state index in [2.05, 4.69) is 0 Å². The van der Waals surface area contributed by atoms with Crippen LogP contribution in [0.3, 0.4) is 0 Å². The fourth-order valence-electron chi connectivity index (χ4n) is 4.91. The van der Waals surface area contributed by atoms with Crippen molar-refractivity contribution in [3.05, 3.63) is 62.7 Å². The van der Waals surface area contributed by atoms with Crippen LogP contribution >= 0.6 is 11.6 Å². The highest BCUT2D eigenvalue weighted by Gasteiger charge is 2.56. The maximum absolute atomic E-state index is 12.3.